The number of rotatable bonds is 8. The highest BCUT2D eigenvalue weighted by atomic mass is 35.5. The highest BCUT2D eigenvalue weighted by molar-refractivity contribution is 6.32. The lowest BCUT2D eigenvalue weighted by Gasteiger charge is -2.30. The SMILES string of the molecule is CC(C)C(NC(=O)c1ccc(Cl)c([N+](=O)[O-])c1)C(=O)OCC(=O)N1CCC(C(N)=O)CC1. The van der Waals surface area contributed by atoms with Gasteiger partial charge in [-0.25, -0.2) is 4.79 Å². The molecule has 1 unspecified atom stereocenters. The van der Waals surface area contributed by atoms with Crippen LogP contribution in [-0.4, -0.2) is 59.3 Å². The molecule has 1 aliphatic heterocycles. The van der Waals surface area contributed by atoms with Crippen LogP contribution in [0.3, 0.4) is 0 Å². The van der Waals surface area contributed by atoms with E-state index in [0.717, 1.165) is 6.07 Å². The Kier molecular flexibility index (Phi) is 8.53. The first-order valence-corrected chi connectivity index (χ1v) is 10.4. The number of nitrogens with two attached hydrogens (primary N) is 1. The quantitative estimate of drug-likeness (QED) is 0.329. The van der Waals surface area contributed by atoms with E-state index in [9.17, 15) is 29.3 Å². The number of piperidine rings is 1. The molecule has 11 nitrogen and oxygen atoms in total. The molecular formula is C20H25ClN4O7. The molecule has 32 heavy (non-hydrogen) atoms. The van der Waals surface area contributed by atoms with Crippen molar-refractivity contribution in [2.24, 2.45) is 17.6 Å². The van der Waals surface area contributed by atoms with Gasteiger partial charge < -0.3 is 20.7 Å². The van der Waals surface area contributed by atoms with Gasteiger partial charge in [-0.1, -0.05) is 25.4 Å². The molecule has 0 saturated carbocycles. The number of primary amides is 1. The maximum absolute atomic E-state index is 12.5. The average Bonchev–Trinajstić information content (AvgIpc) is 2.75. The zero-order chi connectivity index (χ0) is 24.0. The fraction of sp³-hybridized carbons (Fsp3) is 0.500. The molecule has 1 fully saturated rings. The van der Waals surface area contributed by atoms with E-state index in [1.165, 1.54) is 17.0 Å². The van der Waals surface area contributed by atoms with Crippen molar-refractivity contribution in [3.8, 4) is 0 Å². The van der Waals surface area contributed by atoms with E-state index in [2.05, 4.69) is 5.32 Å². The predicted molar refractivity (Wildman–Crippen MR) is 114 cm³/mol. The molecule has 1 aliphatic rings. The summed E-state index contributed by atoms with van der Waals surface area (Å²) in [7, 11) is 0. The number of likely N-dealkylation sites (tertiary alicyclic amines) is 1. The maximum Gasteiger partial charge on any atom is 0.329 e. The molecule has 174 valence electrons. The molecule has 1 aromatic rings. The van der Waals surface area contributed by atoms with Gasteiger partial charge in [0.15, 0.2) is 6.61 Å². The van der Waals surface area contributed by atoms with Crippen molar-refractivity contribution in [1.82, 2.24) is 10.2 Å². The smallest absolute Gasteiger partial charge is 0.329 e. The van der Waals surface area contributed by atoms with Gasteiger partial charge in [0, 0.05) is 30.6 Å². The number of ether oxygens (including phenoxy) is 1. The lowest BCUT2D eigenvalue weighted by Crippen LogP contribution is -2.47. The maximum atomic E-state index is 12.5. The molecule has 3 amide bonds. The zero-order valence-corrected chi connectivity index (χ0v) is 18.5. The number of nitrogens with zero attached hydrogens (tertiary/aromatic N) is 2. The standard InChI is InChI=1S/C20H25ClN4O7/c1-11(2)17(23-19(28)13-3-4-14(21)15(9-13)25(30)31)20(29)32-10-16(26)24-7-5-12(6-8-24)18(22)27/h3-4,9,11-12,17H,5-8,10H2,1-2H3,(H2,22,27)(H,23,28). The Morgan fingerprint density at radius 2 is 1.91 bits per heavy atom. The summed E-state index contributed by atoms with van der Waals surface area (Å²) in [5.41, 5.74) is 4.79. The number of esters is 1. The molecule has 0 aliphatic carbocycles. The number of amides is 3. The zero-order valence-electron chi connectivity index (χ0n) is 17.7. The van der Waals surface area contributed by atoms with Crippen molar-refractivity contribution in [3.63, 3.8) is 0 Å². The third kappa shape index (κ3) is 6.39. The fourth-order valence-corrected chi connectivity index (χ4v) is 3.43. The topological polar surface area (TPSA) is 162 Å². The van der Waals surface area contributed by atoms with Crippen LogP contribution in [0, 0.1) is 22.0 Å². The van der Waals surface area contributed by atoms with Gasteiger partial charge in [-0.05, 0) is 30.9 Å². The summed E-state index contributed by atoms with van der Waals surface area (Å²) in [6, 6.07) is 2.45. The first kappa shape index (κ1) is 25.1. The molecule has 1 saturated heterocycles. The Morgan fingerprint density at radius 3 is 2.44 bits per heavy atom. The number of nitro groups is 1. The van der Waals surface area contributed by atoms with Crippen molar-refractivity contribution < 1.29 is 28.8 Å². The van der Waals surface area contributed by atoms with Crippen molar-refractivity contribution >= 4 is 41.0 Å². The van der Waals surface area contributed by atoms with Crippen LogP contribution in [-0.2, 0) is 19.1 Å². The van der Waals surface area contributed by atoms with E-state index in [-0.39, 0.29) is 22.4 Å². The van der Waals surface area contributed by atoms with Crippen LogP contribution >= 0.6 is 11.6 Å². The second kappa shape index (κ2) is 10.9. The Balaban J connectivity index is 1.96. The van der Waals surface area contributed by atoms with Gasteiger partial charge >= 0.3 is 5.97 Å². The first-order chi connectivity index (χ1) is 15.0. The second-order valence-electron chi connectivity index (χ2n) is 7.78. The molecule has 3 N–H and O–H groups in total. The summed E-state index contributed by atoms with van der Waals surface area (Å²) < 4.78 is 5.11. The van der Waals surface area contributed by atoms with E-state index in [1.54, 1.807) is 13.8 Å². The summed E-state index contributed by atoms with van der Waals surface area (Å²) in [6.07, 6.45) is 0.903. The summed E-state index contributed by atoms with van der Waals surface area (Å²) >= 11 is 5.75. The molecule has 1 atom stereocenters. The molecule has 0 radical (unpaired) electrons. The monoisotopic (exact) mass is 468 g/mol. The van der Waals surface area contributed by atoms with Gasteiger partial charge in [0.05, 0.1) is 4.92 Å². The van der Waals surface area contributed by atoms with Gasteiger partial charge in [0.1, 0.15) is 11.1 Å². The van der Waals surface area contributed by atoms with Crippen LogP contribution in [0.2, 0.25) is 5.02 Å². The van der Waals surface area contributed by atoms with Crippen LogP contribution in [0.1, 0.15) is 37.0 Å². The largest absolute Gasteiger partial charge is 0.454 e. The number of benzene rings is 1. The van der Waals surface area contributed by atoms with E-state index in [1.807, 2.05) is 0 Å². The molecule has 1 aromatic carbocycles. The fourth-order valence-electron chi connectivity index (χ4n) is 3.24. The van der Waals surface area contributed by atoms with E-state index in [0.29, 0.717) is 25.9 Å². The third-order valence-electron chi connectivity index (χ3n) is 5.20. The number of carbonyl (C=O) groups is 4. The minimum absolute atomic E-state index is 0.0482. The Hall–Kier alpha value is -3.21. The number of carbonyl (C=O) groups excluding carboxylic acids is 4. The Morgan fingerprint density at radius 1 is 1.28 bits per heavy atom. The van der Waals surface area contributed by atoms with Crippen LogP contribution in [0.4, 0.5) is 5.69 Å². The molecule has 0 spiro atoms. The van der Waals surface area contributed by atoms with Gasteiger partial charge in [0.25, 0.3) is 17.5 Å². The van der Waals surface area contributed by atoms with Crippen molar-refractivity contribution in [3.05, 3.63) is 38.9 Å². The number of nitro benzene ring substituents is 1. The average molecular weight is 469 g/mol. The lowest BCUT2D eigenvalue weighted by atomic mass is 9.96. The van der Waals surface area contributed by atoms with Crippen molar-refractivity contribution in [2.45, 2.75) is 32.7 Å². The third-order valence-corrected chi connectivity index (χ3v) is 5.52. The molecule has 12 heteroatoms. The van der Waals surface area contributed by atoms with E-state index >= 15 is 0 Å². The van der Waals surface area contributed by atoms with Crippen LogP contribution in [0.5, 0.6) is 0 Å². The van der Waals surface area contributed by atoms with E-state index in [4.69, 9.17) is 22.1 Å². The minimum atomic E-state index is -1.08. The number of hydrogen-bond donors (Lipinski definition) is 2. The van der Waals surface area contributed by atoms with Gasteiger partial charge in [-0.3, -0.25) is 24.5 Å². The van der Waals surface area contributed by atoms with Crippen LogP contribution in [0.15, 0.2) is 18.2 Å². The summed E-state index contributed by atoms with van der Waals surface area (Å²) in [5, 5.41) is 13.4. The predicted octanol–water partition coefficient (Wildman–Crippen LogP) is 1.27. The van der Waals surface area contributed by atoms with Gasteiger partial charge in [-0.2, -0.15) is 0 Å². The van der Waals surface area contributed by atoms with Crippen LogP contribution in [0.25, 0.3) is 0 Å². The highest BCUT2D eigenvalue weighted by Crippen LogP contribution is 2.25. The number of halogens is 1. The highest BCUT2D eigenvalue weighted by Gasteiger charge is 2.30. The number of nitrogens with one attached hydrogen (secondary N) is 1. The molecular weight excluding hydrogens is 444 g/mol. The number of hydrogen-bond acceptors (Lipinski definition) is 7. The van der Waals surface area contributed by atoms with E-state index < -0.39 is 47.0 Å². The van der Waals surface area contributed by atoms with Gasteiger partial charge in [-0.15, -0.1) is 0 Å². The summed E-state index contributed by atoms with van der Waals surface area (Å²) in [5.74, 6) is -2.99. The lowest BCUT2D eigenvalue weighted by molar-refractivity contribution is -0.384. The van der Waals surface area contributed by atoms with Crippen LogP contribution < -0.4 is 11.1 Å². The Labute approximate surface area is 189 Å². The van der Waals surface area contributed by atoms with Gasteiger partial charge in [0.2, 0.25) is 5.91 Å². The molecule has 0 bridgehead atoms. The minimum Gasteiger partial charge on any atom is -0.454 e. The molecule has 1 heterocycles. The van der Waals surface area contributed by atoms with Crippen molar-refractivity contribution in [2.75, 3.05) is 19.7 Å². The Bertz CT molecular complexity index is 913. The molecule has 0 aromatic heterocycles. The summed E-state index contributed by atoms with van der Waals surface area (Å²) in [6.45, 7) is 3.51. The summed E-state index contributed by atoms with van der Waals surface area (Å²) in [4.78, 5) is 60.4. The normalized spacial score (nSPS) is 15.2. The van der Waals surface area contributed by atoms with Crippen molar-refractivity contribution in [1.29, 1.82) is 0 Å². The molecule has 2 rings (SSSR count). The first-order valence-electron chi connectivity index (χ1n) is 9.99. The second-order valence-corrected chi connectivity index (χ2v) is 8.19.